The molecule has 0 spiro atoms. The van der Waals surface area contributed by atoms with Crippen LogP contribution in [0.2, 0.25) is 0 Å². The monoisotopic (exact) mass is 215 g/mol. The van der Waals surface area contributed by atoms with Gasteiger partial charge < -0.3 is 5.73 Å². The Morgan fingerprint density at radius 2 is 1.75 bits per heavy atom. The van der Waals surface area contributed by atoms with Gasteiger partial charge in [0.05, 0.1) is 0 Å². The summed E-state index contributed by atoms with van der Waals surface area (Å²) in [7, 11) is 0. The van der Waals surface area contributed by atoms with Crippen LogP contribution in [0.1, 0.15) is 36.8 Å². The lowest BCUT2D eigenvalue weighted by Gasteiger charge is -2.30. The third-order valence-corrected chi connectivity index (χ3v) is 4.52. The van der Waals surface area contributed by atoms with Crippen LogP contribution in [-0.4, -0.2) is 6.04 Å². The molecule has 3 rings (SSSR count). The summed E-state index contributed by atoms with van der Waals surface area (Å²) in [6.07, 6.45) is 7.97. The lowest BCUT2D eigenvalue weighted by atomic mass is 9.78. The van der Waals surface area contributed by atoms with Crippen molar-refractivity contribution in [3.8, 4) is 0 Å². The van der Waals surface area contributed by atoms with Gasteiger partial charge in [0, 0.05) is 6.04 Å². The zero-order chi connectivity index (χ0) is 11.0. The molecule has 1 nitrogen and oxygen atoms in total. The molecule has 2 aliphatic rings. The van der Waals surface area contributed by atoms with Crippen LogP contribution in [-0.2, 0) is 12.8 Å². The first kappa shape index (κ1) is 10.3. The first-order valence-corrected chi connectivity index (χ1v) is 6.65. The van der Waals surface area contributed by atoms with E-state index in [4.69, 9.17) is 5.73 Å². The molecule has 0 bridgehead atoms. The van der Waals surface area contributed by atoms with Crippen molar-refractivity contribution in [1.29, 1.82) is 0 Å². The molecule has 1 aromatic carbocycles. The summed E-state index contributed by atoms with van der Waals surface area (Å²) in [5, 5.41) is 0. The van der Waals surface area contributed by atoms with Crippen molar-refractivity contribution in [2.24, 2.45) is 17.6 Å². The molecule has 1 fully saturated rings. The molecule has 1 atom stereocenters. The smallest absolute Gasteiger partial charge is 0.00761 e. The fourth-order valence-electron chi connectivity index (χ4n) is 3.20. The van der Waals surface area contributed by atoms with Gasteiger partial charge in [-0.05, 0) is 42.2 Å². The fourth-order valence-corrected chi connectivity index (χ4v) is 3.20. The van der Waals surface area contributed by atoms with Crippen LogP contribution in [0, 0.1) is 11.8 Å². The molecule has 0 saturated heterocycles. The lowest BCUT2D eigenvalue weighted by molar-refractivity contribution is 0.248. The van der Waals surface area contributed by atoms with Gasteiger partial charge in [-0.15, -0.1) is 0 Å². The van der Waals surface area contributed by atoms with Crippen molar-refractivity contribution in [2.75, 3.05) is 0 Å². The Morgan fingerprint density at radius 1 is 1.12 bits per heavy atom. The molecule has 2 aliphatic carbocycles. The summed E-state index contributed by atoms with van der Waals surface area (Å²) in [4.78, 5) is 0. The van der Waals surface area contributed by atoms with Gasteiger partial charge in [0.1, 0.15) is 0 Å². The Balaban J connectivity index is 1.61. The van der Waals surface area contributed by atoms with Gasteiger partial charge in [-0.1, -0.05) is 43.5 Å². The number of benzene rings is 1. The Morgan fingerprint density at radius 3 is 2.25 bits per heavy atom. The SMILES string of the molecule is NC(CC1CCC1)C1Cc2ccccc2C1. The first-order valence-electron chi connectivity index (χ1n) is 6.65. The highest BCUT2D eigenvalue weighted by Crippen LogP contribution is 2.35. The summed E-state index contributed by atoms with van der Waals surface area (Å²) in [6.45, 7) is 0. The highest BCUT2D eigenvalue weighted by atomic mass is 14.7. The van der Waals surface area contributed by atoms with Crippen LogP contribution in [0.4, 0.5) is 0 Å². The van der Waals surface area contributed by atoms with Crippen molar-refractivity contribution in [1.82, 2.24) is 0 Å². The van der Waals surface area contributed by atoms with Gasteiger partial charge in [0.2, 0.25) is 0 Å². The number of hydrogen-bond donors (Lipinski definition) is 1. The molecule has 16 heavy (non-hydrogen) atoms. The molecule has 1 heteroatoms. The van der Waals surface area contributed by atoms with Gasteiger partial charge in [-0.25, -0.2) is 0 Å². The molecule has 2 N–H and O–H groups in total. The van der Waals surface area contributed by atoms with Crippen LogP contribution >= 0.6 is 0 Å². The average molecular weight is 215 g/mol. The van der Waals surface area contributed by atoms with Crippen molar-refractivity contribution < 1.29 is 0 Å². The average Bonchev–Trinajstić information content (AvgIpc) is 2.66. The van der Waals surface area contributed by atoms with Gasteiger partial charge >= 0.3 is 0 Å². The van der Waals surface area contributed by atoms with E-state index < -0.39 is 0 Å². The maximum atomic E-state index is 6.37. The Kier molecular flexibility index (Phi) is 2.72. The van der Waals surface area contributed by atoms with Crippen molar-refractivity contribution in [3.05, 3.63) is 35.4 Å². The summed E-state index contributed by atoms with van der Waals surface area (Å²) in [5.74, 6) is 1.65. The van der Waals surface area contributed by atoms with E-state index in [2.05, 4.69) is 24.3 Å². The van der Waals surface area contributed by atoms with Crippen molar-refractivity contribution >= 4 is 0 Å². The third-order valence-electron chi connectivity index (χ3n) is 4.52. The quantitative estimate of drug-likeness (QED) is 0.824. The minimum absolute atomic E-state index is 0.428. The van der Waals surface area contributed by atoms with E-state index in [1.54, 1.807) is 0 Å². The van der Waals surface area contributed by atoms with Gasteiger partial charge in [0.15, 0.2) is 0 Å². The molecule has 0 heterocycles. The second-order valence-electron chi connectivity index (χ2n) is 5.63. The van der Waals surface area contributed by atoms with E-state index in [1.807, 2.05) is 0 Å². The minimum atomic E-state index is 0.428. The number of rotatable bonds is 3. The second kappa shape index (κ2) is 4.21. The largest absolute Gasteiger partial charge is 0.327 e. The van der Waals surface area contributed by atoms with E-state index >= 15 is 0 Å². The molecule has 1 unspecified atom stereocenters. The number of fused-ring (bicyclic) bond motifs is 1. The number of hydrogen-bond acceptors (Lipinski definition) is 1. The molecule has 1 aromatic rings. The van der Waals surface area contributed by atoms with E-state index in [0.29, 0.717) is 12.0 Å². The minimum Gasteiger partial charge on any atom is -0.327 e. The summed E-state index contributed by atoms with van der Waals surface area (Å²) in [6, 6.07) is 9.27. The predicted octanol–water partition coefficient (Wildman–Crippen LogP) is 2.92. The second-order valence-corrected chi connectivity index (χ2v) is 5.63. The topological polar surface area (TPSA) is 26.0 Å². The van der Waals surface area contributed by atoms with Crippen LogP contribution in [0.25, 0.3) is 0 Å². The molecule has 0 aromatic heterocycles. The highest BCUT2D eigenvalue weighted by molar-refractivity contribution is 5.32. The standard InChI is InChI=1S/C15H21N/c16-15(8-11-4-3-5-11)14-9-12-6-1-2-7-13(12)10-14/h1-2,6-7,11,14-15H,3-5,8-10,16H2. The van der Waals surface area contributed by atoms with Crippen molar-refractivity contribution in [3.63, 3.8) is 0 Å². The highest BCUT2D eigenvalue weighted by Gasteiger charge is 2.29. The maximum absolute atomic E-state index is 6.37. The molecule has 0 amide bonds. The van der Waals surface area contributed by atoms with Crippen LogP contribution in [0.3, 0.4) is 0 Å². The first-order chi connectivity index (χ1) is 7.83. The zero-order valence-electron chi connectivity index (χ0n) is 9.86. The van der Waals surface area contributed by atoms with Gasteiger partial charge in [-0.3, -0.25) is 0 Å². The Labute approximate surface area is 98.0 Å². The molecule has 0 radical (unpaired) electrons. The summed E-state index contributed by atoms with van der Waals surface area (Å²) >= 11 is 0. The summed E-state index contributed by atoms with van der Waals surface area (Å²) < 4.78 is 0. The molecular weight excluding hydrogens is 194 g/mol. The predicted molar refractivity (Wildman–Crippen MR) is 67.3 cm³/mol. The van der Waals surface area contributed by atoms with Crippen molar-refractivity contribution in [2.45, 2.75) is 44.6 Å². The van der Waals surface area contributed by atoms with Gasteiger partial charge in [0.25, 0.3) is 0 Å². The maximum Gasteiger partial charge on any atom is 0.00761 e. The molecule has 1 saturated carbocycles. The molecule has 0 aliphatic heterocycles. The van der Waals surface area contributed by atoms with Gasteiger partial charge in [-0.2, -0.15) is 0 Å². The molecular formula is C15H21N. The van der Waals surface area contributed by atoms with E-state index in [1.165, 1.54) is 49.7 Å². The number of nitrogens with two attached hydrogens (primary N) is 1. The Hall–Kier alpha value is -0.820. The van der Waals surface area contributed by atoms with E-state index in [-0.39, 0.29) is 0 Å². The van der Waals surface area contributed by atoms with E-state index in [0.717, 1.165) is 5.92 Å². The van der Waals surface area contributed by atoms with Crippen LogP contribution < -0.4 is 5.73 Å². The Bertz CT molecular complexity index is 342. The normalized spacial score (nSPS) is 22.8. The fraction of sp³-hybridized carbons (Fsp3) is 0.600. The lowest BCUT2D eigenvalue weighted by Crippen LogP contribution is -2.34. The van der Waals surface area contributed by atoms with E-state index in [9.17, 15) is 0 Å². The third kappa shape index (κ3) is 1.89. The van der Waals surface area contributed by atoms with Crippen LogP contribution in [0.5, 0.6) is 0 Å². The zero-order valence-corrected chi connectivity index (χ0v) is 9.86. The summed E-state index contributed by atoms with van der Waals surface area (Å²) in [5.41, 5.74) is 9.45. The van der Waals surface area contributed by atoms with Crippen LogP contribution in [0.15, 0.2) is 24.3 Å². The molecule has 86 valence electrons.